The summed E-state index contributed by atoms with van der Waals surface area (Å²) in [5.74, 6) is -1.92. The Morgan fingerprint density at radius 2 is 1.21 bits per heavy atom. The average Bonchev–Trinajstić information content (AvgIpc) is 2.64. The van der Waals surface area contributed by atoms with Crippen LogP contribution in [0.15, 0.2) is 48.5 Å². The molecule has 2 aromatic carbocycles. The van der Waals surface area contributed by atoms with Gasteiger partial charge < -0.3 is 14.6 Å². The summed E-state index contributed by atoms with van der Waals surface area (Å²) in [6.45, 7) is 9.29. The molecule has 0 atom stereocenters. The van der Waals surface area contributed by atoms with Gasteiger partial charge in [-0.25, -0.2) is 9.59 Å². The first-order valence-electron chi connectivity index (χ1n) is 9.36. The lowest BCUT2D eigenvalue weighted by molar-refractivity contribution is 0.0686. The van der Waals surface area contributed by atoms with Crippen molar-refractivity contribution < 1.29 is 24.2 Å². The Hall–Kier alpha value is -2.23. The van der Waals surface area contributed by atoms with Crippen LogP contribution in [0.3, 0.4) is 0 Å². The Labute approximate surface area is 166 Å². The Bertz CT molecular complexity index is 844. The fraction of sp³-hybridized carbons (Fsp3) is 0.333. The third kappa shape index (κ3) is 3.45. The number of aromatic carboxylic acids is 2. The van der Waals surface area contributed by atoms with Gasteiger partial charge in [-0.2, -0.15) is 0 Å². The molecule has 148 valence electrons. The summed E-state index contributed by atoms with van der Waals surface area (Å²) >= 11 is 0. The predicted octanol–water partition coefficient (Wildman–Crippen LogP) is 4.74. The van der Waals surface area contributed by atoms with Crippen LogP contribution in [0.25, 0.3) is 0 Å². The second kappa shape index (κ2) is 6.98. The fourth-order valence-corrected chi connectivity index (χ4v) is 10.3. The zero-order valence-electron chi connectivity index (χ0n) is 16.7. The maximum Gasteiger partial charge on any atom is 0.335 e. The molecule has 1 saturated heterocycles. The van der Waals surface area contributed by atoms with Crippen LogP contribution in [0.2, 0.25) is 32.2 Å². The van der Waals surface area contributed by atoms with Crippen LogP contribution in [0.4, 0.5) is 0 Å². The van der Waals surface area contributed by atoms with Crippen molar-refractivity contribution in [3.63, 3.8) is 0 Å². The molecule has 1 heterocycles. The van der Waals surface area contributed by atoms with Crippen LogP contribution in [0, 0.1) is 0 Å². The quantitative estimate of drug-likeness (QED) is 0.706. The molecule has 0 aromatic heterocycles. The molecule has 1 aliphatic rings. The molecule has 1 aliphatic heterocycles. The second-order valence-electron chi connectivity index (χ2n) is 8.59. The van der Waals surface area contributed by atoms with Gasteiger partial charge in [0.2, 0.25) is 0 Å². The van der Waals surface area contributed by atoms with E-state index in [1.807, 2.05) is 24.3 Å². The van der Waals surface area contributed by atoms with E-state index < -0.39 is 33.0 Å². The van der Waals surface area contributed by atoms with Gasteiger partial charge in [-0.05, 0) is 54.9 Å². The highest BCUT2D eigenvalue weighted by atomic mass is 29.3. The molecule has 0 radical (unpaired) electrons. The van der Waals surface area contributed by atoms with Crippen molar-refractivity contribution in [2.45, 2.75) is 44.3 Å². The van der Waals surface area contributed by atoms with E-state index in [0.29, 0.717) is 0 Å². The lowest BCUT2D eigenvalue weighted by Gasteiger charge is -2.52. The van der Waals surface area contributed by atoms with Crippen LogP contribution >= 0.6 is 0 Å². The Kier molecular flexibility index (Phi) is 5.12. The molecule has 0 unspecified atom stereocenters. The molecule has 0 bridgehead atoms. The number of hydrogen-bond donors (Lipinski definition) is 2. The first kappa shape index (κ1) is 20.5. The molecule has 2 aromatic rings. The van der Waals surface area contributed by atoms with Crippen molar-refractivity contribution in [2.75, 3.05) is 0 Å². The minimum absolute atomic E-state index is 0.238. The molecule has 0 saturated carbocycles. The highest BCUT2D eigenvalue weighted by Gasteiger charge is 2.54. The van der Waals surface area contributed by atoms with Crippen LogP contribution < -0.4 is 0 Å². The molecule has 1 fully saturated rings. The third-order valence-corrected chi connectivity index (χ3v) is 22.8. The SMILES string of the molecule is C[Si]1(C)CCC(c2ccc(C(=O)O)cc2)(c2ccc(C(=O)O)cc2)O[Si]1(C)C. The zero-order valence-corrected chi connectivity index (χ0v) is 18.7. The zero-order chi connectivity index (χ0) is 20.7. The predicted molar refractivity (Wildman–Crippen MR) is 113 cm³/mol. The molecule has 7 heteroatoms. The number of rotatable bonds is 4. The Morgan fingerprint density at radius 3 is 1.54 bits per heavy atom. The highest BCUT2D eigenvalue weighted by molar-refractivity contribution is 7.38. The average molecular weight is 415 g/mol. The first-order chi connectivity index (χ1) is 13.0. The third-order valence-electron chi connectivity index (χ3n) is 6.36. The summed E-state index contributed by atoms with van der Waals surface area (Å²) in [7, 11) is -3.49. The monoisotopic (exact) mass is 414 g/mol. The molecule has 0 spiro atoms. The maximum atomic E-state index is 11.3. The number of hydrogen-bond acceptors (Lipinski definition) is 3. The largest absolute Gasteiger partial charge is 0.478 e. The molecule has 0 aliphatic carbocycles. The van der Waals surface area contributed by atoms with E-state index in [-0.39, 0.29) is 11.1 Å². The van der Waals surface area contributed by atoms with Gasteiger partial charge in [-0.3, -0.25) is 0 Å². The minimum atomic E-state index is -1.98. The Balaban J connectivity index is 2.14. The lowest BCUT2D eigenvalue weighted by atomic mass is 9.83. The normalized spacial score (nSPS) is 19.7. The van der Waals surface area contributed by atoms with Crippen molar-refractivity contribution >= 4 is 27.4 Å². The fourth-order valence-electron chi connectivity index (χ4n) is 3.75. The van der Waals surface area contributed by atoms with E-state index >= 15 is 0 Å². The minimum Gasteiger partial charge on any atom is -0.478 e. The number of carbonyl (C=O) groups is 2. The topological polar surface area (TPSA) is 83.8 Å². The highest BCUT2D eigenvalue weighted by Crippen LogP contribution is 2.48. The number of benzene rings is 2. The van der Waals surface area contributed by atoms with Gasteiger partial charge in [-0.15, -0.1) is 0 Å². The van der Waals surface area contributed by atoms with Crippen molar-refractivity contribution in [1.29, 1.82) is 0 Å². The molecular weight excluding hydrogens is 388 g/mol. The van der Waals surface area contributed by atoms with E-state index in [1.54, 1.807) is 24.3 Å². The van der Waals surface area contributed by atoms with E-state index in [9.17, 15) is 19.8 Å². The molecular formula is C21H26O5Si2. The van der Waals surface area contributed by atoms with E-state index in [1.165, 1.54) is 0 Å². The molecule has 3 rings (SSSR count). The first-order valence-corrected chi connectivity index (χ1v) is 16.5. The maximum absolute atomic E-state index is 11.3. The standard InChI is InChI=1S/C21H26O5Si2/c1-27(2)14-13-21(26-28(27,3)4,17-9-5-15(6-10-17)19(22)23)18-11-7-16(8-12-18)20(24)25/h5-12H,13-14H2,1-4H3,(H,22,23)(H,24,25). The lowest BCUT2D eigenvalue weighted by Crippen LogP contribution is -2.64. The summed E-state index contributed by atoms with van der Waals surface area (Å²) in [5.41, 5.74) is 1.65. The van der Waals surface area contributed by atoms with Gasteiger partial charge in [0.05, 0.1) is 18.7 Å². The van der Waals surface area contributed by atoms with E-state index in [0.717, 1.165) is 23.6 Å². The summed E-state index contributed by atoms with van der Waals surface area (Å²) in [4.78, 5) is 22.5. The van der Waals surface area contributed by atoms with Crippen LogP contribution in [0.1, 0.15) is 38.3 Å². The van der Waals surface area contributed by atoms with Gasteiger partial charge >= 0.3 is 11.9 Å². The van der Waals surface area contributed by atoms with Gasteiger partial charge in [0.1, 0.15) is 5.60 Å². The molecule has 0 amide bonds. The smallest absolute Gasteiger partial charge is 0.335 e. The second-order valence-corrected chi connectivity index (χ2v) is 23.8. The molecule has 2 N–H and O–H groups in total. The van der Waals surface area contributed by atoms with E-state index in [4.69, 9.17) is 4.43 Å². The van der Waals surface area contributed by atoms with Gasteiger partial charge in [-0.1, -0.05) is 43.4 Å². The summed E-state index contributed by atoms with van der Waals surface area (Å²) in [5, 5.41) is 18.5. The van der Waals surface area contributed by atoms with Crippen LogP contribution in [-0.4, -0.2) is 37.6 Å². The van der Waals surface area contributed by atoms with Crippen molar-refractivity contribution in [2.24, 2.45) is 0 Å². The Morgan fingerprint density at radius 1 is 0.821 bits per heavy atom. The van der Waals surface area contributed by atoms with Gasteiger partial charge in [0, 0.05) is 0 Å². The van der Waals surface area contributed by atoms with Gasteiger partial charge in [0.15, 0.2) is 7.83 Å². The molecule has 28 heavy (non-hydrogen) atoms. The van der Waals surface area contributed by atoms with Gasteiger partial charge in [0.25, 0.3) is 0 Å². The van der Waals surface area contributed by atoms with Crippen molar-refractivity contribution in [3.05, 3.63) is 70.8 Å². The van der Waals surface area contributed by atoms with Crippen molar-refractivity contribution in [3.8, 4) is 0 Å². The van der Waals surface area contributed by atoms with Crippen LogP contribution in [-0.2, 0) is 10.0 Å². The molecule has 5 nitrogen and oxygen atoms in total. The summed E-state index contributed by atoms with van der Waals surface area (Å²) < 4.78 is 6.96. The van der Waals surface area contributed by atoms with Crippen LogP contribution in [0.5, 0.6) is 0 Å². The van der Waals surface area contributed by atoms with E-state index in [2.05, 4.69) is 26.2 Å². The summed E-state index contributed by atoms with van der Waals surface area (Å²) in [6.07, 6.45) is 0.807. The number of carboxylic acid groups (broad SMARTS) is 2. The summed E-state index contributed by atoms with van der Waals surface area (Å²) in [6, 6.07) is 14.9. The van der Waals surface area contributed by atoms with Crippen molar-refractivity contribution in [1.82, 2.24) is 0 Å². The number of carboxylic acids is 2.